The third-order valence-corrected chi connectivity index (χ3v) is 14.6. The van der Waals surface area contributed by atoms with Crippen LogP contribution in [0.15, 0.2) is 116 Å². The number of halogens is 2. The number of aromatic nitrogens is 6. The van der Waals surface area contributed by atoms with E-state index in [0.29, 0.717) is 72.5 Å². The number of ether oxygens (including phenoxy) is 2. The molecule has 23 nitrogen and oxygen atoms in total. The molecule has 0 saturated carbocycles. The number of hydrogen-bond acceptors (Lipinski definition) is 15. The number of benzene rings is 6. The van der Waals surface area contributed by atoms with Crippen molar-refractivity contribution < 1.29 is 42.2 Å². The predicted molar refractivity (Wildman–Crippen MR) is 342 cm³/mol. The summed E-state index contributed by atoms with van der Waals surface area (Å²) >= 11 is 0. The van der Waals surface area contributed by atoms with Crippen LogP contribution < -0.4 is 65.1 Å². The van der Waals surface area contributed by atoms with Crippen LogP contribution in [0.1, 0.15) is 92.3 Å². The molecule has 0 saturated heterocycles. The molecular formula is C65H74F2N12O11. The number of amides is 4. The number of aryl methyl sites for hydroxylation is 2. The SMILES string of the molecule is C.COc1cc(-c2cccc(-c3cccc(NC(=O)c4nn(C)c(=O)n(C)c4=O)c3C)c2C)cc(F)c1C=O.COc1cc(-c2cccc(-c3cccc(NC(=O)c4nn(C)c(=O)n(C)c4=O)c3C)c2C)cc(F)c1CNCCCC(N)=O.NCCCC(N)=O. The number of nitrogens with one attached hydrogen (secondary N) is 3. The van der Waals surface area contributed by atoms with Crippen LogP contribution in [-0.2, 0) is 44.3 Å². The average Bonchev–Trinajstić information content (AvgIpc) is 0.839. The van der Waals surface area contributed by atoms with Gasteiger partial charge in [-0.1, -0.05) is 68.1 Å². The summed E-state index contributed by atoms with van der Waals surface area (Å²) in [5.74, 6) is -2.71. The molecule has 90 heavy (non-hydrogen) atoms. The number of carbonyl (C=O) groups is 5. The molecule has 6 aromatic carbocycles. The van der Waals surface area contributed by atoms with E-state index in [1.807, 2.05) is 76.2 Å². The van der Waals surface area contributed by atoms with Crippen LogP contribution in [0, 0.1) is 39.3 Å². The summed E-state index contributed by atoms with van der Waals surface area (Å²) in [7, 11) is 8.14. The molecule has 474 valence electrons. The lowest BCUT2D eigenvalue weighted by Gasteiger charge is -2.18. The molecule has 2 aromatic heterocycles. The maximum atomic E-state index is 15.4. The lowest BCUT2D eigenvalue weighted by atomic mass is 9.90. The van der Waals surface area contributed by atoms with E-state index >= 15 is 4.39 Å². The second kappa shape index (κ2) is 31.4. The second-order valence-corrected chi connectivity index (χ2v) is 20.5. The molecule has 0 unspecified atom stereocenters. The Balaban J connectivity index is 0.000000295. The molecule has 0 spiro atoms. The van der Waals surface area contributed by atoms with Crippen LogP contribution in [0.4, 0.5) is 20.2 Å². The molecule has 0 radical (unpaired) electrons. The summed E-state index contributed by atoms with van der Waals surface area (Å²) in [4.78, 5) is 107. The molecule has 8 aromatic rings. The third kappa shape index (κ3) is 16.2. The fourth-order valence-corrected chi connectivity index (χ4v) is 9.68. The van der Waals surface area contributed by atoms with Gasteiger partial charge in [-0.2, -0.15) is 10.2 Å². The smallest absolute Gasteiger partial charge is 0.346 e. The molecule has 25 heteroatoms. The summed E-state index contributed by atoms with van der Waals surface area (Å²) < 4.78 is 44.2. The van der Waals surface area contributed by atoms with Gasteiger partial charge in [-0.15, -0.1) is 0 Å². The molecule has 8 rings (SSSR count). The number of carbonyl (C=O) groups excluding carboxylic acids is 5. The highest BCUT2D eigenvalue weighted by atomic mass is 19.1. The van der Waals surface area contributed by atoms with Gasteiger partial charge in [0.05, 0.1) is 19.8 Å². The van der Waals surface area contributed by atoms with E-state index in [4.69, 9.17) is 26.7 Å². The zero-order valence-corrected chi connectivity index (χ0v) is 50.9. The Morgan fingerprint density at radius 3 is 1.36 bits per heavy atom. The summed E-state index contributed by atoms with van der Waals surface area (Å²) in [5, 5.41) is 16.3. The molecule has 0 atom stereocenters. The van der Waals surface area contributed by atoms with E-state index in [1.54, 1.807) is 36.4 Å². The Morgan fingerprint density at radius 2 is 0.956 bits per heavy atom. The van der Waals surface area contributed by atoms with Crippen molar-refractivity contribution in [3.8, 4) is 56.0 Å². The Hall–Kier alpha value is -10.5. The van der Waals surface area contributed by atoms with Crippen molar-refractivity contribution in [3.63, 3.8) is 0 Å². The number of rotatable bonds is 20. The van der Waals surface area contributed by atoms with E-state index in [0.717, 1.165) is 74.1 Å². The van der Waals surface area contributed by atoms with Crippen LogP contribution in [0.5, 0.6) is 11.5 Å². The van der Waals surface area contributed by atoms with Gasteiger partial charge in [0.1, 0.15) is 23.1 Å². The van der Waals surface area contributed by atoms with Crippen LogP contribution in [0.25, 0.3) is 44.5 Å². The van der Waals surface area contributed by atoms with E-state index < -0.39 is 57.3 Å². The number of primary amides is 2. The predicted octanol–water partition coefficient (Wildman–Crippen LogP) is 6.67. The zero-order chi connectivity index (χ0) is 65.6. The standard InChI is InChI=1S/C32H35FN6O5.C28H25FN4O5.C4H10N2O.CH4/c1-18-21(20-15-25(33)24(27(16-20)44-5)17-35-14-8-13-28(34)40)9-6-10-22(18)23-11-7-12-26(19(23)2)36-30(41)29-31(42)38(3)32(43)39(4)37-29;1-15-18(17-12-22(29)21(14-34)24(13-17)38-5)8-6-9-19(15)20-10-7-11-23(16(20)2)30-26(35)25-27(36)32(3)28(37)33(4)31-25;5-3-1-2-4(6)7;/h6-7,9-12,15-16,35H,8,13-14,17H2,1-5H3,(H2,34,40)(H,36,41);6-14H,1-5H3,(H,30,35);1-3,5H2,(H2,6,7);1H4. The topological polar surface area (TPSA) is 332 Å². The number of aldehydes is 1. The summed E-state index contributed by atoms with van der Waals surface area (Å²) in [6, 6.07) is 28.2. The number of hydrogen-bond donors (Lipinski definition) is 6. The van der Waals surface area contributed by atoms with Crippen molar-refractivity contribution >= 4 is 41.3 Å². The summed E-state index contributed by atoms with van der Waals surface area (Å²) in [5.41, 5.74) is 21.7. The van der Waals surface area contributed by atoms with Gasteiger partial charge in [0.15, 0.2) is 6.29 Å². The number of nitrogens with zero attached hydrogens (tertiary/aromatic N) is 6. The minimum atomic E-state index is -0.800. The maximum absolute atomic E-state index is 15.4. The molecule has 0 aliphatic rings. The van der Waals surface area contributed by atoms with Crippen LogP contribution >= 0.6 is 0 Å². The average molecular weight is 1240 g/mol. The third-order valence-electron chi connectivity index (χ3n) is 14.6. The van der Waals surface area contributed by atoms with Gasteiger partial charge < -0.3 is 42.6 Å². The van der Waals surface area contributed by atoms with Gasteiger partial charge in [-0.3, -0.25) is 42.7 Å². The number of anilines is 2. The van der Waals surface area contributed by atoms with Crippen molar-refractivity contribution in [2.75, 3.05) is 37.9 Å². The highest BCUT2D eigenvalue weighted by Gasteiger charge is 2.23. The zero-order valence-electron chi connectivity index (χ0n) is 50.9. The summed E-state index contributed by atoms with van der Waals surface area (Å²) in [6.45, 7) is 8.78. The lowest BCUT2D eigenvalue weighted by molar-refractivity contribution is -0.118. The second-order valence-electron chi connectivity index (χ2n) is 20.5. The van der Waals surface area contributed by atoms with Crippen molar-refractivity contribution in [3.05, 3.63) is 195 Å². The molecule has 2 heterocycles. The quantitative estimate of drug-likeness (QED) is 0.0343. The molecule has 0 aliphatic heterocycles. The molecular weight excluding hydrogens is 1160 g/mol. The minimum absolute atomic E-state index is 0. The molecule has 9 N–H and O–H groups in total. The van der Waals surface area contributed by atoms with Crippen molar-refractivity contribution in [2.45, 2.75) is 67.3 Å². The first-order valence-corrected chi connectivity index (χ1v) is 27.8. The number of nitrogens with two attached hydrogens (primary N) is 3. The van der Waals surface area contributed by atoms with Gasteiger partial charge in [0, 0.05) is 64.5 Å². The molecule has 0 bridgehead atoms. The van der Waals surface area contributed by atoms with E-state index in [9.17, 15) is 47.5 Å². The van der Waals surface area contributed by atoms with E-state index in [1.165, 1.54) is 54.5 Å². The fraction of sp³-hybridized carbons (Fsp3) is 0.277. The monoisotopic (exact) mass is 1240 g/mol. The number of methoxy groups -OCH3 is 2. The molecule has 0 aliphatic carbocycles. The van der Waals surface area contributed by atoms with Crippen molar-refractivity contribution in [1.29, 1.82) is 0 Å². The largest absolute Gasteiger partial charge is 0.496 e. The van der Waals surface area contributed by atoms with Gasteiger partial charge in [-0.25, -0.2) is 27.7 Å². The van der Waals surface area contributed by atoms with E-state index in [-0.39, 0.29) is 43.5 Å². The Morgan fingerprint density at radius 1 is 0.567 bits per heavy atom. The van der Waals surface area contributed by atoms with Crippen molar-refractivity contribution in [1.82, 2.24) is 34.0 Å². The highest BCUT2D eigenvalue weighted by Crippen LogP contribution is 2.40. The van der Waals surface area contributed by atoms with Crippen LogP contribution in [0.2, 0.25) is 0 Å². The Kier molecular flexibility index (Phi) is 24.5. The maximum Gasteiger partial charge on any atom is 0.346 e. The normalized spacial score (nSPS) is 10.6. The summed E-state index contributed by atoms with van der Waals surface area (Å²) in [6.07, 6.45) is 2.34. The molecule has 4 amide bonds. The Labute approximate surface area is 517 Å². The lowest BCUT2D eigenvalue weighted by Crippen LogP contribution is -2.43. The first-order valence-electron chi connectivity index (χ1n) is 27.8. The fourth-order valence-electron chi connectivity index (χ4n) is 9.68. The highest BCUT2D eigenvalue weighted by molar-refractivity contribution is 6.04. The molecule has 0 fully saturated rings. The van der Waals surface area contributed by atoms with Gasteiger partial charge in [0.25, 0.3) is 22.9 Å². The first kappa shape index (κ1) is 70.2. The van der Waals surface area contributed by atoms with Crippen molar-refractivity contribution in [2.24, 2.45) is 45.4 Å². The van der Waals surface area contributed by atoms with Gasteiger partial charge in [-0.05, 0) is 157 Å². The van der Waals surface area contributed by atoms with Crippen LogP contribution in [0.3, 0.4) is 0 Å². The minimum Gasteiger partial charge on any atom is -0.496 e. The van der Waals surface area contributed by atoms with Gasteiger partial charge >= 0.3 is 11.4 Å². The van der Waals surface area contributed by atoms with E-state index in [2.05, 4.69) is 26.1 Å². The van der Waals surface area contributed by atoms with Crippen LogP contribution in [-0.4, -0.2) is 85.9 Å². The van der Waals surface area contributed by atoms with Gasteiger partial charge in [0.2, 0.25) is 23.2 Å². The first-order chi connectivity index (χ1) is 42.3. The Bertz CT molecular complexity index is 4290.